The highest BCUT2D eigenvalue weighted by Crippen LogP contribution is 2.12. The Morgan fingerprint density at radius 1 is 1.37 bits per heavy atom. The minimum absolute atomic E-state index is 0.0633. The molecule has 0 spiro atoms. The van der Waals surface area contributed by atoms with Crippen LogP contribution in [0, 0.1) is 0 Å². The quantitative estimate of drug-likeness (QED) is 0.869. The van der Waals surface area contributed by atoms with Gasteiger partial charge in [0.05, 0.1) is 18.1 Å². The Labute approximate surface area is 113 Å². The largest absolute Gasteiger partial charge is 0.365 e. The molecular formula is C13H18N2O3S. The van der Waals surface area contributed by atoms with Crippen LogP contribution in [0.1, 0.15) is 6.42 Å². The van der Waals surface area contributed by atoms with Gasteiger partial charge >= 0.3 is 0 Å². The topological polar surface area (TPSA) is 66.5 Å². The molecule has 1 fully saturated rings. The molecule has 1 saturated heterocycles. The van der Waals surface area contributed by atoms with Crippen LogP contribution >= 0.6 is 0 Å². The molecule has 6 heteroatoms. The second-order valence-electron chi connectivity index (χ2n) is 4.86. The maximum atomic E-state index is 11.8. The predicted molar refractivity (Wildman–Crippen MR) is 74.9 cm³/mol. The van der Waals surface area contributed by atoms with E-state index in [1.807, 2.05) is 42.3 Å². The Morgan fingerprint density at radius 3 is 2.63 bits per heavy atom. The van der Waals surface area contributed by atoms with Crippen molar-refractivity contribution in [2.24, 2.45) is 0 Å². The number of benzene rings is 1. The lowest BCUT2D eigenvalue weighted by Crippen LogP contribution is -2.41. The van der Waals surface area contributed by atoms with Gasteiger partial charge in [-0.25, -0.2) is 8.42 Å². The summed E-state index contributed by atoms with van der Waals surface area (Å²) in [7, 11) is -1.12. The van der Waals surface area contributed by atoms with Gasteiger partial charge in [-0.05, 0) is 18.6 Å². The number of nitrogens with zero attached hydrogens (tertiary/aromatic N) is 1. The predicted octanol–water partition coefficient (Wildman–Crippen LogP) is 0.426. The molecule has 0 saturated carbocycles. The molecule has 5 nitrogen and oxygen atoms in total. The van der Waals surface area contributed by atoms with Gasteiger partial charge in [0.1, 0.15) is 0 Å². The number of hydrogen-bond donors (Lipinski definition) is 1. The molecule has 19 heavy (non-hydrogen) atoms. The number of amides is 1. The molecule has 2 rings (SSSR count). The third-order valence-corrected chi connectivity index (χ3v) is 4.94. The van der Waals surface area contributed by atoms with Crippen molar-refractivity contribution in [1.82, 2.24) is 5.32 Å². The molecule has 104 valence electrons. The summed E-state index contributed by atoms with van der Waals surface area (Å²) in [5.41, 5.74) is 0.955. The summed E-state index contributed by atoms with van der Waals surface area (Å²) in [5, 5.41) is 2.78. The van der Waals surface area contributed by atoms with Crippen LogP contribution in [-0.2, 0) is 14.6 Å². The molecule has 1 aromatic carbocycles. The summed E-state index contributed by atoms with van der Waals surface area (Å²) in [6.45, 7) is 0.223. The van der Waals surface area contributed by atoms with Crippen molar-refractivity contribution < 1.29 is 13.2 Å². The zero-order valence-corrected chi connectivity index (χ0v) is 11.7. The first kappa shape index (κ1) is 13.9. The van der Waals surface area contributed by atoms with Crippen molar-refractivity contribution in [2.75, 3.05) is 30.0 Å². The van der Waals surface area contributed by atoms with E-state index < -0.39 is 9.84 Å². The number of carbonyl (C=O) groups excluding carboxylic acids is 1. The molecular weight excluding hydrogens is 264 g/mol. The number of para-hydroxylation sites is 1. The van der Waals surface area contributed by atoms with Crippen LogP contribution in [0.15, 0.2) is 30.3 Å². The first-order chi connectivity index (χ1) is 8.96. The van der Waals surface area contributed by atoms with E-state index in [9.17, 15) is 13.2 Å². The number of anilines is 1. The fourth-order valence-electron chi connectivity index (χ4n) is 2.17. The summed E-state index contributed by atoms with van der Waals surface area (Å²) in [4.78, 5) is 13.7. The van der Waals surface area contributed by atoms with Gasteiger partial charge in [0.15, 0.2) is 9.84 Å². The molecule has 1 aromatic rings. The Bertz CT molecular complexity index is 542. The van der Waals surface area contributed by atoms with Crippen LogP contribution in [0.4, 0.5) is 5.69 Å². The van der Waals surface area contributed by atoms with Crippen molar-refractivity contribution in [3.8, 4) is 0 Å². The second-order valence-corrected chi connectivity index (χ2v) is 7.09. The van der Waals surface area contributed by atoms with Gasteiger partial charge in [0.25, 0.3) is 0 Å². The van der Waals surface area contributed by atoms with Gasteiger partial charge in [-0.2, -0.15) is 0 Å². The van der Waals surface area contributed by atoms with Crippen LogP contribution in [-0.4, -0.2) is 45.5 Å². The number of nitrogens with one attached hydrogen (secondary N) is 1. The number of rotatable bonds is 4. The monoisotopic (exact) mass is 282 g/mol. The summed E-state index contributed by atoms with van der Waals surface area (Å²) in [6.07, 6.45) is 0.517. The number of likely N-dealkylation sites (N-methyl/N-ethyl adjacent to an activating group) is 1. The molecule has 1 atom stereocenters. The lowest BCUT2D eigenvalue weighted by molar-refractivity contribution is -0.120. The van der Waals surface area contributed by atoms with Gasteiger partial charge in [-0.1, -0.05) is 18.2 Å². The van der Waals surface area contributed by atoms with E-state index in [1.165, 1.54) is 0 Å². The molecule has 0 aromatic heterocycles. The van der Waals surface area contributed by atoms with E-state index in [1.54, 1.807) is 0 Å². The van der Waals surface area contributed by atoms with E-state index >= 15 is 0 Å². The third-order valence-electron chi connectivity index (χ3n) is 3.18. The first-order valence-corrected chi connectivity index (χ1v) is 8.04. The van der Waals surface area contributed by atoms with Crippen molar-refractivity contribution in [1.29, 1.82) is 0 Å². The zero-order chi connectivity index (χ0) is 13.9. The van der Waals surface area contributed by atoms with Crippen LogP contribution in [0.5, 0.6) is 0 Å². The molecule has 0 unspecified atom stereocenters. The normalized spacial score (nSPS) is 21.0. The summed E-state index contributed by atoms with van der Waals surface area (Å²) < 4.78 is 22.6. The Kier molecular flexibility index (Phi) is 4.09. The summed E-state index contributed by atoms with van der Waals surface area (Å²) in [5.74, 6) is 0.0914. The maximum absolute atomic E-state index is 11.8. The molecule has 1 N–H and O–H groups in total. The SMILES string of the molecule is CN(CC(=O)N[C@H]1CCS(=O)(=O)C1)c1ccccc1. The van der Waals surface area contributed by atoms with Crippen LogP contribution in [0.3, 0.4) is 0 Å². The summed E-state index contributed by atoms with van der Waals surface area (Å²) >= 11 is 0. The van der Waals surface area contributed by atoms with Gasteiger partial charge in [0, 0.05) is 18.8 Å². The first-order valence-electron chi connectivity index (χ1n) is 6.22. The lowest BCUT2D eigenvalue weighted by atomic mass is 10.2. The zero-order valence-electron chi connectivity index (χ0n) is 10.9. The molecule has 1 aliphatic heterocycles. The Balaban J connectivity index is 1.85. The fraction of sp³-hybridized carbons (Fsp3) is 0.462. The van der Waals surface area contributed by atoms with Crippen molar-refractivity contribution >= 4 is 21.4 Å². The minimum atomic E-state index is -2.95. The van der Waals surface area contributed by atoms with Crippen molar-refractivity contribution in [3.05, 3.63) is 30.3 Å². The fourth-order valence-corrected chi connectivity index (χ4v) is 3.84. The standard InChI is InChI=1S/C13H18N2O3S/c1-15(12-5-3-2-4-6-12)9-13(16)14-11-7-8-19(17,18)10-11/h2-6,11H,7-10H2,1H3,(H,14,16)/t11-/m0/s1. The molecule has 0 aliphatic carbocycles. The minimum Gasteiger partial charge on any atom is -0.365 e. The maximum Gasteiger partial charge on any atom is 0.239 e. The molecule has 0 radical (unpaired) electrons. The summed E-state index contributed by atoms with van der Waals surface area (Å²) in [6, 6.07) is 9.35. The van der Waals surface area contributed by atoms with Gasteiger partial charge in [-0.3, -0.25) is 4.79 Å². The molecule has 1 aliphatic rings. The van der Waals surface area contributed by atoms with Crippen molar-refractivity contribution in [3.63, 3.8) is 0 Å². The van der Waals surface area contributed by atoms with Crippen LogP contribution < -0.4 is 10.2 Å². The molecule has 0 bridgehead atoms. The van der Waals surface area contributed by atoms with Gasteiger partial charge < -0.3 is 10.2 Å². The van der Waals surface area contributed by atoms with E-state index in [4.69, 9.17) is 0 Å². The third kappa shape index (κ3) is 3.96. The highest BCUT2D eigenvalue weighted by Gasteiger charge is 2.28. The Morgan fingerprint density at radius 2 is 2.05 bits per heavy atom. The number of sulfone groups is 1. The lowest BCUT2D eigenvalue weighted by Gasteiger charge is -2.20. The van der Waals surface area contributed by atoms with Crippen LogP contribution in [0.2, 0.25) is 0 Å². The van der Waals surface area contributed by atoms with E-state index in [0.717, 1.165) is 5.69 Å². The average molecular weight is 282 g/mol. The second kappa shape index (κ2) is 5.61. The highest BCUT2D eigenvalue weighted by molar-refractivity contribution is 7.91. The van der Waals surface area contributed by atoms with Gasteiger partial charge in [0.2, 0.25) is 5.91 Å². The van der Waals surface area contributed by atoms with E-state index in [0.29, 0.717) is 6.42 Å². The van der Waals surface area contributed by atoms with Crippen LogP contribution in [0.25, 0.3) is 0 Å². The molecule has 1 heterocycles. The van der Waals surface area contributed by atoms with Crippen molar-refractivity contribution in [2.45, 2.75) is 12.5 Å². The van der Waals surface area contributed by atoms with Gasteiger partial charge in [-0.15, -0.1) is 0 Å². The number of carbonyl (C=O) groups is 1. The molecule has 1 amide bonds. The average Bonchev–Trinajstić information content (AvgIpc) is 2.69. The van der Waals surface area contributed by atoms with E-state index in [-0.39, 0.29) is 30.0 Å². The smallest absolute Gasteiger partial charge is 0.239 e. The highest BCUT2D eigenvalue weighted by atomic mass is 32.2. The van der Waals surface area contributed by atoms with E-state index in [2.05, 4.69) is 5.32 Å². The number of hydrogen-bond acceptors (Lipinski definition) is 4. The Hall–Kier alpha value is -1.56.